The fourth-order valence-corrected chi connectivity index (χ4v) is 4.43. The quantitative estimate of drug-likeness (QED) is 0.831. The molecule has 2 nitrogen and oxygen atoms in total. The molecule has 126 valence electrons. The van der Waals surface area contributed by atoms with Gasteiger partial charge in [0, 0.05) is 41.6 Å². The van der Waals surface area contributed by atoms with Crippen LogP contribution >= 0.6 is 15.9 Å². The first-order chi connectivity index (χ1) is 11.6. The van der Waals surface area contributed by atoms with Crippen LogP contribution in [0.5, 0.6) is 0 Å². The Kier molecular flexibility index (Phi) is 4.19. The second-order valence-corrected chi connectivity index (χ2v) is 7.81. The lowest BCUT2D eigenvalue weighted by Crippen LogP contribution is -2.46. The number of rotatable bonds is 2. The van der Waals surface area contributed by atoms with Gasteiger partial charge in [-0.1, -0.05) is 28.1 Å². The van der Waals surface area contributed by atoms with Crippen LogP contribution in [0, 0.1) is 11.6 Å². The highest BCUT2D eigenvalue weighted by Gasteiger charge is 2.42. The van der Waals surface area contributed by atoms with E-state index in [2.05, 4.69) is 26.1 Å². The molecule has 1 fully saturated rings. The summed E-state index contributed by atoms with van der Waals surface area (Å²) >= 11 is 3.30. The third-order valence-electron chi connectivity index (χ3n) is 5.22. The van der Waals surface area contributed by atoms with E-state index in [0.717, 1.165) is 48.2 Å². The smallest absolute Gasteiger partial charge is 0.128 e. The number of halogens is 3. The maximum atomic E-state index is 14.2. The molecule has 0 saturated carbocycles. The van der Waals surface area contributed by atoms with Gasteiger partial charge in [0.15, 0.2) is 0 Å². The molecule has 0 bridgehead atoms. The average molecular weight is 393 g/mol. The minimum atomic E-state index is -0.187. The molecule has 0 aromatic heterocycles. The van der Waals surface area contributed by atoms with Gasteiger partial charge in [0.25, 0.3) is 0 Å². The zero-order valence-corrected chi connectivity index (χ0v) is 14.9. The first-order valence-electron chi connectivity index (χ1n) is 8.22. The summed E-state index contributed by atoms with van der Waals surface area (Å²) in [6.45, 7) is 3.91. The van der Waals surface area contributed by atoms with E-state index in [0.29, 0.717) is 12.1 Å². The summed E-state index contributed by atoms with van der Waals surface area (Å²) in [7, 11) is 0. The van der Waals surface area contributed by atoms with Gasteiger partial charge in [0.2, 0.25) is 0 Å². The number of nitrogens with zero attached hydrogens (tertiary/aromatic N) is 1. The number of fused-ring (bicyclic) bond motifs is 2. The molecule has 0 amide bonds. The van der Waals surface area contributed by atoms with Crippen molar-refractivity contribution < 1.29 is 8.78 Å². The Balaban J connectivity index is 1.66. The maximum absolute atomic E-state index is 14.2. The minimum Gasteiger partial charge on any atom is -0.316 e. The van der Waals surface area contributed by atoms with Gasteiger partial charge in [-0.2, -0.15) is 0 Å². The van der Waals surface area contributed by atoms with Gasteiger partial charge in [-0.05, 0) is 48.4 Å². The van der Waals surface area contributed by atoms with E-state index in [4.69, 9.17) is 0 Å². The van der Waals surface area contributed by atoms with Gasteiger partial charge in [-0.15, -0.1) is 0 Å². The highest BCUT2D eigenvalue weighted by atomic mass is 79.9. The molecule has 4 rings (SSSR count). The van der Waals surface area contributed by atoms with E-state index in [9.17, 15) is 8.78 Å². The van der Waals surface area contributed by atoms with Crippen LogP contribution in [0.4, 0.5) is 8.78 Å². The summed E-state index contributed by atoms with van der Waals surface area (Å²) in [5, 5.41) is 3.42. The average Bonchev–Trinajstić information content (AvgIpc) is 3.00. The first kappa shape index (κ1) is 16.2. The Morgan fingerprint density at radius 2 is 2.04 bits per heavy atom. The van der Waals surface area contributed by atoms with Crippen molar-refractivity contribution in [2.24, 2.45) is 0 Å². The van der Waals surface area contributed by atoms with Crippen molar-refractivity contribution in [2.75, 3.05) is 19.6 Å². The van der Waals surface area contributed by atoms with Crippen LogP contribution in [0.15, 0.2) is 40.9 Å². The van der Waals surface area contributed by atoms with Crippen LogP contribution in [0.25, 0.3) is 0 Å². The number of benzene rings is 2. The largest absolute Gasteiger partial charge is 0.316 e. The van der Waals surface area contributed by atoms with E-state index in [1.807, 2.05) is 18.2 Å². The normalized spacial score (nSPS) is 23.6. The standard InChI is InChI=1S/C19H19BrF2N2/c20-15-3-1-14(18(22)7-15)10-24-9-13-2-4-16(21)8-17(13)19(12-24)5-6-23-11-19/h1-4,7-8,23H,5-6,9-12H2. The van der Waals surface area contributed by atoms with E-state index >= 15 is 0 Å². The summed E-state index contributed by atoms with van der Waals surface area (Å²) in [5.41, 5.74) is 2.91. The third-order valence-corrected chi connectivity index (χ3v) is 5.71. The monoisotopic (exact) mass is 392 g/mol. The van der Waals surface area contributed by atoms with Crippen molar-refractivity contribution in [1.29, 1.82) is 0 Å². The number of nitrogens with one attached hydrogen (secondary N) is 1. The van der Waals surface area contributed by atoms with Gasteiger partial charge in [-0.3, -0.25) is 4.90 Å². The van der Waals surface area contributed by atoms with Gasteiger partial charge in [-0.25, -0.2) is 8.78 Å². The molecule has 2 aliphatic rings. The van der Waals surface area contributed by atoms with Crippen molar-refractivity contribution >= 4 is 15.9 Å². The van der Waals surface area contributed by atoms with Crippen LogP contribution in [-0.4, -0.2) is 24.5 Å². The van der Waals surface area contributed by atoms with Crippen molar-refractivity contribution in [3.63, 3.8) is 0 Å². The van der Waals surface area contributed by atoms with Crippen molar-refractivity contribution in [3.8, 4) is 0 Å². The number of hydrogen-bond donors (Lipinski definition) is 1. The summed E-state index contributed by atoms with van der Waals surface area (Å²) in [6.07, 6.45) is 0.989. The molecular weight excluding hydrogens is 374 g/mol. The molecule has 1 atom stereocenters. The van der Waals surface area contributed by atoms with E-state index in [-0.39, 0.29) is 17.0 Å². The Hall–Kier alpha value is -1.30. The third kappa shape index (κ3) is 2.89. The Labute approximate surface area is 149 Å². The molecule has 2 aliphatic heterocycles. The predicted molar refractivity (Wildman–Crippen MR) is 93.8 cm³/mol. The molecule has 2 heterocycles. The molecule has 1 saturated heterocycles. The van der Waals surface area contributed by atoms with Gasteiger partial charge in [0.05, 0.1) is 0 Å². The van der Waals surface area contributed by atoms with Crippen LogP contribution in [0.1, 0.15) is 23.1 Å². The fourth-order valence-electron chi connectivity index (χ4n) is 4.10. The lowest BCUT2D eigenvalue weighted by atomic mass is 9.74. The highest BCUT2D eigenvalue weighted by molar-refractivity contribution is 9.10. The molecule has 0 aliphatic carbocycles. The molecule has 2 aromatic carbocycles. The molecular formula is C19H19BrF2N2. The van der Waals surface area contributed by atoms with Crippen molar-refractivity contribution in [1.82, 2.24) is 10.2 Å². The second kappa shape index (κ2) is 6.21. The van der Waals surface area contributed by atoms with Crippen molar-refractivity contribution in [2.45, 2.75) is 24.9 Å². The van der Waals surface area contributed by atoms with Crippen molar-refractivity contribution in [3.05, 3.63) is 69.2 Å². The van der Waals surface area contributed by atoms with E-state index in [1.165, 1.54) is 12.1 Å². The van der Waals surface area contributed by atoms with Gasteiger partial charge >= 0.3 is 0 Å². The van der Waals surface area contributed by atoms with Gasteiger partial charge in [0.1, 0.15) is 11.6 Å². The van der Waals surface area contributed by atoms with E-state index < -0.39 is 0 Å². The molecule has 24 heavy (non-hydrogen) atoms. The first-order valence-corrected chi connectivity index (χ1v) is 9.01. The van der Waals surface area contributed by atoms with E-state index in [1.54, 1.807) is 6.07 Å². The maximum Gasteiger partial charge on any atom is 0.128 e. The van der Waals surface area contributed by atoms with Crippen LogP contribution in [-0.2, 0) is 18.5 Å². The summed E-state index contributed by atoms with van der Waals surface area (Å²) in [4.78, 5) is 2.28. The predicted octanol–water partition coefficient (Wildman–Crippen LogP) is 3.97. The van der Waals surface area contributed by atoms with Crippen LogP contribution in [0.2, 0.25) is 0 Å². The number of hydrogen-bond acceptors (Lipinski definition) is 2. The van der Waals surface area contributed by atoms with Gasteiger partial charge < -0.3 is 5.32 Å². The topological polar surface area (TPSA) is 15.3 Å². The minimum absolute atomic E-state index is 0.0679. The lowest BCUT2D eigenvalue weighted by Gasteiger charge is -2.42. The molecule has 2 aromatic rings. The van der Waals surface area contributed by atoms with Crippen LogP contribution in [0.3, 0.4) is 0 Å². The fraction of sp³-hybridized carbons (Fsp3) is 0.368. The molecule has 0 radical (unpaired) electrons. The zero-order chi connectivity index (χ0) is 16.7. The SMILES string of the molecule is Fc1ccc2c(c1)C1(CCNC1)CN(Cc1ccc(Br)cc1F)C2. The zero-order valence-electron chi connectivity index (χ0n) is 13.3. The summed E-state index contributed by atoms with van der Waals surface area (Å²) in [5.74, 6) is -0.361. The molecule has 1 N–H and O–H groups in total. The Morgan fingerprint density at radius 1 is 1.17 bits per heavy atom. The lowest BCUT2D eigenvalue weighted by molar-refractivity contribution is 0.174. The summed E-state index contributed by atoms with van der Waals surface area (Å²) in [6, 6.07) is 10.3. The second-order valence-electron chi connectivity index (χ2n) is 6.89. The molecule has 1 unspecified atom stereocenters. The summed E-state index contributed by atoms with van der Waals surface area (Å²) < 4.78 is 28.7. The Morgan fingerprint density at radius 3 is 2.79 bits per heavy atom. The highest BCUT2D eigenvalue weighted by Crippen LogP contribution is 2.39. The Bertz CT molecular complexity index is 772. The molecule has 1 spiro atoms. The molecule has 5 heteroatoms. The van der Waals surface area contributed by atoms with Crippen LogP contribution < -0.4 is 5.32 Å².